The number of pyridine rings is 1. The van der Waals surface area contributed by atoms with E-state index in [-0.39, 0.29) is 5.25 Å². The topological polar surface area (TPSA) is 47.8 Å². The number of aryl methyl sites for hydroxylation is 3. The highest BCUT2D eigenvalue weighted by atomic mass is 35.5. The van der Waals surface area contributed by atoms with Crippen LogP contribution in [0.1, 0.15) is 24.7 Å². The lowest BCUT2D eigenvalue weighted by molar-refractivity contribution is 0.608. The Morgan fingerprint density at radius 1 is 1.50 bits per heavy atom. The fourth-order valence-electron chi connectivity index (χ4n) is 2.15. The molecule has 2 aromatic heterocycles. The monoisotopic (exact) mass is 313 g/mol. The number of aromatic nitrogens is 3. The smallest absolute Gasteiger partial charge is 0.160 e. The Hall–Kier alpha value is -0.940. The van der Waals surface area contributed by atoms with Gasteiger partial charge in [0.1, 0.15) is 11.3 Å². The molecule has 0 saturated carbocycles. The van der Waals surface area contributed by atoms with E-state index in [4.69, 9.17) is 11.6 Å². The van der Waals surface area contributed by atoms with E-state index in [1.54, 1.807) is 6.26 Å². The Labute approximate surface area is 127 Å². The second-order valence-corrected chi connectivity index (χ2v) is 7.25. The maximum absolute atomic E-state index is 11.5. The van der Waals surface area contributed by atoms with Crippen LogP contribution in [-0.4, -0.2) is 36.1 Å². The van der Waals surface area contributed by atoms with E-state index in [2.05, 4.69) is 14.5 Å². The van der Waals surface area contributed by atoms with Crippen molar-refractivity contribution >= 4 is 33.6 Å². The van der Waals surface area contributed by atoms with E-state index in [1.165, 1.54) is 0 Å². The summed E-state index contributed by atoms with van der Waals surface area (Å²) in [5.74, 6) is 1.50. The zero-order valence-electron chi connectivity index (χ0n) is 12.1. The van der Waals surface area contributed by atoms with Gasteiger partial charge < -0.3 is 4.57 Å². The molecule has 0 aliphatic carbocycles. The van der Waals surface area contributed by atoms with Crippen LogP contribution in [0.15, 0.2) is 12.3 Å². The lowest BCUT2D eigenvalue weighted by atomic mass is 10.3. The van der Waals surface area contributed by atoms with Crippen LogP contribution in [0, 0.1) is 6.92 Å². The second kappa shape index (κ2) is 6.68. The average molecular weight is 314 g/mol. The molecule has 2 heterocycles. The molecule has 0 aliphatic heterocycles. The summed E-state index contributed by atoms with van der Waals surface area (Å²) in [5, 5.41) is 0.168. The van der Waals surface area contributed by atoms with Crippen molar-refractivity contribution in [2.45, 2.75) is 38.5 Å². The Bertz CT molecular complexity index is 626. The van der Waals surface area contributed by atoms with Gasteiger partial charge in [0.2, 0.25) is 0 Å². The summed E-state index contributed by atoms with van der Waals surface area (Å²) in [6.07, 6.45) is 5.17. The first-order valence-corrected chi connectivity index (χ1v) is 8.88. The van der Waals surface area contributed by atoms with E-state index >= 15 is 0 Å². The van der Waals surface area contributed by atoms with Crippen LogP contribution in [0.5, 0.6) is 0 Å². The first-order valence-electron chi connectivity index (χ1n) is 6.73. The van der Waals surface area contributed by atoms with E-state index in [0.717, 1.165) is 41.9 Å². The molecule has 0 spiro atoms. The molecule has 0 N–H and O–H groups in total. The van der Waals surface area contributed by atoms with Crippen molar-refractivity contribution in [3.8, 4) is 0 Å². The number of alkyl halides is 1. The molecular weight excluding hydrogens is 294 g/mol. The van der Waals surface area contributed by atoms with Crippen LogP contribution in [0.25, 0.3) is 11.2 Å². The van der Waals surface area contributed by atoms with Gasteiger partial charge in [0, 0.05) is 47.3 Å². The summed E-state index contributed by atoms with van der Waals surface area (Å²) in [4.78, 5) is 9.11. The molecule has 2 aromatic rings. The van der Waals surface area contributed by atoms with Crippen LogP contribution in [0.3, 0.4) is 0 Å². The van der Waals surface area contributed by atoms with E-state index in [1.807, 2.05) is 26.1 Å². The number of imidazole rings is 1. The molecule has 0 fully saturated rings. The Balaban J connectivity index is 2.33. The molecule has 0 bridgehead atoms. The quantitative estimate of drug-likeness (QED) is 0.770. The molecule has 2 rings (SSSR count). The van der Waals surface area contributed by atoms with Crippen LogP contribution in [0.4, 0.5) is 0 Å². The summed E-state index contributed by atoms with van der Waals surface area (Å²) in [6.45, 7) is 4.79. The summed E-state index contributed by atoms with van der Waals surface area (Å²) >= 11 is 5.86. The Morgan fingerprint density at radius 3 is 2.90 bits per heavy atom. The molecule has 0 radical (unpaired) electrons. The van der Waals surface area contributed by atoms with Gasteiger partial charge in [0.05, 0.1) is 0 Å². The van der Waals surface area contributed by atoms with Gasteiger partial charge in [-0.05, 0) is 25.0 Å². The molecular formula is C14H20ClN3OS. The molecule has 4 nitrogen and oxygen atoms in total. The number of nitrogens with zero attached hydrogens (tertiary/aromatic N) is 3. The van der Waals surface area contributed by atoms with Gasteiger partial charge in [-0.3, -0.25) is 4.21 Å². The molecule has 6 heteroatoms. The van der Waals surface area contributed by atoms with Crippen molar-refractivity contribution < 1.29 is 4.21 Å². The van der Waals surface area contributed by atoms with Gasteiger partial charge in [0.25, 0.3) is 0 Å². The maximum atomic E-state index is 11.5. The highest BCUT2D eigenvalue weighted by Gasteiger charge is 2.14. The molecule has 2 atom stereocenters. The standard InChI is InChI=1S/C14H20ClN3OS/c1-10-8-12-14(16-9-10)18(13(17-12)4-6-15)7-5-11(2)20(3)19/h8-9,11H,4-7H2,1-3H3. The van der Waals surface area contributed by atoms with Crippen molar-refractivity contribution in [2.75, 3.05) is 12.1 Å². The molecule has 0 amide bonds. The summed E-state index contributed by atoms with van der Waals surface area (Å²) in [6, 6.07) is 2.04. The third-order valence-electron chi connectivity index (χ3n) is 3.44. The van der Waals surface area contributed by atoms with Gasteiger partial charge in [0.15, 0.2) is 5.65 Å². The molecule has 110 valence electrons. The number of hydrogen-bond donors (Lipinski definition) is 0. The van der Waals surface area contributed by atoms with Crippen molar-refractivity contribution in [3.05, 3.63) is 23.7 Å². The first-order chi connectivity index (χ1) is 9.52. The summed E-state index contributed by atoms with van der Waals surface area (Å²) in [7, 11) is -0.800. The van der Waals surface area contributed by atoms with Gasteiger partial charge in [-0.15, -0.1) is 11.6 Å². The number of halogens is 1. The fraction of sp³-hybridized carbons (Fsp3) is 0.571. The fourth-order valence-corrected chi connectivity index (χ4v) is 2.75. The van der Waals surface area contributed by atoms with Gasteiger partial charge >= 0.3 is 0 Å². The minimum atomic E-state index is -0.800. The highest BCUT2D eigenvalue weighted by Crippen LogP contribution is 2.17. The third-order valence-corrected chi connectivity index (χ3v) is 5.00. The zero-order valence-corrected chi connectivity index (χ0v) is 13.7. The number of rotatable bonds is 6. The van der Waals surface area contributed by atoms with Crippen LogP contribution >= 0.6 is 11.6 Å². The SMILES string of the molecule is Cc1cnc2c(c1)nc(CCCl)n2CCC(C)S(C)=O. The van der Waals surface area contributed by atoms with E-state index < -0.39 is 10.8 Å². The van der Waals surface area contributed by atoms with Crippen LogP contribution in [-0.2, 0) is 23.8 Å². The normalized spacial score (nSPS) is 14.6. The van der Waals surface area contributed by atoms with E-state index in [0.29, 0.717) is 5.88 Å². The number of hydrogen-bond acceptors (Lipinski definition) is 3. The molecule has 20 heavy (non-hydrogen) atoms. The van der Waals surface area contributed by atoms with Gasteiger partial charge in [-0.2, -0.15) is 0 Å². The average Bonchev–Trinajstić information content (AvgIpc) is 2.72. The van der Waals surface area contributed by atoms with Gasteiger partial charge in [-0.25, -0.2) is 9.97 Å². The predicted octanol–water partition coefficient (Wildman–Crippen LogP) is 2.68. The summed E-state index contributed by atoms with van der Waals surface area (Å²) < 4.78 is 13.6. The summed E-state index contributed by atoms with van der Waals surface area (Å²) in [5.41, 5.74) is 2.91. The van der Waals surface area contributed by atoms with E-state index in [9.17, 15) is 4.21 Å². The largest absolute Gasteiger partial charge is 0.313 e. The zero-order chi connectivity index (χ0) is 14.7. The number of fused-ring (bicyclic) bond motifs is 1. The lowest BCUT2D eigenvalue weighted by Crippen LogP contribution is -2.14. The Kier molecular flexibility index (Phi) is 5.16. The van der Waals surface area contributed by atoms with Crippen LogP contribution < -0.4 is 0 Å². The Morgan fingerprint density at radius 2 is 2.25 bits per heavy atom. The third kappa shape index (κ3) is 3.38. The first kappa shape index (κ1) is 15.4. The molecule has 2 unspecified atom stereocenters. The van der Waals surface area contributed by atoms with Crippen molar-refractivity contribution in [1.82, 2.24) is 14.5 Å². The van der Waals surface area contributed by atoms with Crippen molar-refractivity contribution in [2.24, 2.45) is 0 Å². The van der Waals surface area contributed by atoms with Crippen molar-refractivity contribution in [3.63, 3.8) is 0 Å². The van der Waals surface area contributed by atoms with Gasteiger partial charge in [-0.1, -0.05) is 6.92 Å². The minimum absolute atomic E-state index is 0.168. The lowest BCUT2D eigenvalue weighted by Gasteiger charge is -2.11. The maximum Gasteiger partial charge on any atom is 0.160 e. The van der Waals surface area contributed by atoms with Crippen molar-refractivity contribution in [1.29, 1.82) is 0 Å². The molecule has 0 aliphatic rings. The molecule has 0 saturated heterocycles. The molecule has 0 aromatic carbocycles. The minimum Gasteiger partial charge on any atom is -0.313 e. The predicted molar refractivity (Wildman–Crippen MR) is 84.8 cm³/mol. The highest BCUT2D eigenvalue weighted by molar-refractivity contribution is 7.84. The second-order valence-electron chi connectivity index (χ2n) is 5.07. The van der Waals surface area contributed by atoms with Crippen LogP contribution in [0.2, 0.25) is 0 Å².